The molecule has 90 valence electrons. The molecule has 0 saturated carbocycles. The second kappa shape index (κ2) is 6.30. The van der Waals surface area contributed by atoms with Gasteiger partial charge in [0.1, 0.15) is 0 Å². The third-order valence-corrected chi connectivity index (χ3v) is 3.39. The molecular weight excluding hydrogens is 222 g/mol. The largest absolute Gasteiger partial charge is 0.379 e. The van der Waals surface area contributed by atoms with E-state index in [1.807, 2.05) is 5.51 Å². The number of nitrogens with zero attached hydrogens (tertiary/aromatic N) is 1. The van der Waals surface area contributed by atoms with Crippen LogP contribution in [0.1, 0.15) is 19.0 Å². The van der Waals surface area contributed by atoms with Crippen LogP contribution in [0.15, 0.2) is 10.9 Å². The molecule has 16 heavy (non-hydrogen) atoms. The van der Waals surface area contributed by atoms with Crippen molar-refractivity contribution < 1.29 is 4.74 Å². The van der Waals surface area contributed by atoms with Crippen molar-refractivity contribution in [1.29, 1.82) is 0 Å². The highest BCUT2D eigenvalue weighted by molar-refractivity contribution is 7.07. The van der Waals surface area contributed by atoms with Gasteiger partial charge in [0, 0.05) is 30.6 Å². The smallest absolute Gasteiger partial charge is 0.0795 e. The molecule has 1 aromatic heterocycles. The van der Waals surface area contributed by atoms with Gasteiger partial charge in [-0.3, -0.25) is 0 Å². The van der Waals surface area contributed by atoms with E-state index in [2.05, 4.69) is 27.9 Å². The minimum atomic E-state index is 0.487. The van der Waals surface area contributed by atoms with Crippen LogP contribution in [-0.2, 0) is 11.3 Å². The Balaban J connectivity index is 1.65. The summed E-state index contributed by atoms with van der Waals surface area (Å²) in [6, 6.07) is 0.979. The highest BCUT2D eigenvalue weighted by Crippen LogP contribution is 2.05. The summed E-state index contributed by atoms with van der Waals surface area (Å²) >= 11 is 1.64. The number of rotatable bonds is 5. The summed E-state index contributed by atoms with van der Waals surface area (Å²) in [7, 11) is 0. The zero-order chi connectivity index (χ0) is 11.2. The fourth-order valence-electron chi connectivity index (χ4n) is 1.88. The quantitative estimate of drug-likeness (QED) is 0.807. The lowest BCUT2D eigenvalue weighted by Gasteiger charge is -2.26. The van der Waals surface area contributed by atoms with Crippen molar-refractivity contribution >= 4 is 11.3 Å². The van der Waals surface area contributed by atoms with E-state index in [-0.39, 0.29) is 0 Å². The highest BCUT2D eigenvalue weighted by atomic mass is 32.1. The molecular formula is C11H19N3OS. The van der Waals surface area contributed by atoms with Gasteiger partial charge in [-0.2, -0.15) is 0 Å². The molecule has 1 aliphatic heterocycles. The van der Waals surface area contributed by atoms with Crippen LogP contribution in [0.5, 0.6) is 0 Å². The highest BCUT2D eigenvalue weighted by Gasteiger charge is 2.15. The van der Waals surface area contributed by atoms with Crippen LogP contribution in [0.4, 0.5) is 0 Å². The van der Waals surface area contributed by atoms with Gasteiger partial charge in [0.25, 0.3) is 0 Å². The lowest BCUT2D eigenvalue weighted by molar-refractivity contribution is 0.0712. The normalized spacial score (nSPS) is 23.2. The van der Waals surface area contributed by atoms with Gasteiger partial charge in [-0.1, -0.05) is 0 Å². The topological polar surface area (TPSA) is 46.2 Å². The van der Waals surface area contributed by atoms with Crippen LogP contribution in [0.3, 0.4) is 0 Å². The van der Waals surface area contributed by atoms with Crippen molar-refractivity contribution in [3.63, 3.8) is 0 Å². The summed E-state index contributed by atoms with van der Waals surface area (Å²) in [6.07, 6.45) is 1.10. The summed E-state index contributed by atoms with van der Waals surface area (Å²) in [5.74, 6) is 0. The van der Waals surface area contributed by atoms with Crippen molar-refractivity contribution in [2.75, 3.05) is 19.8 Å². The Kier molecular flexibility index (Phi) is 4.71. The Morgan fingerprint density at radius 2 is 2.69 bits per heavy atom. The van der Waals surface area contributed by atoms with E-state index in [4.69, 9.17) is 4.74 Å². The first-order valence-electron chi connectivity index (χ1n) is 5.76. The average molecular weight is 241 g/mol. The van der Waals surface area contributed by atoms with E-state index in [1.54, 1.807) is 11.3 Å². The summed E-state index contributed by atoms with van der Waals surface area (Å²) in [5.41, 5.74) is 3.00. The molecule has 2 atom stereocenters. The van der Waals surface area contributed by atoms with Gasteiger partial charge in [0.2, 0.25) is 0 Å². The summed E-state index contributed by atoms with van der Waals surface area (Å²) in [6.45, 7) is 5.73. The SMILES string of the molecule is CC(CC1COCCN1)NCc1cscn1. The molecule has 2 N–H and O–H groups in total. The predicted octanol–water partition coefficient (Wildman–Crippen LogP) is 1.000. The Labute approximate surface area is 100 Å². The van der Waals surface area contributed by atoms with Crippen LogP contribution >= 0.6 is 11.3 Å². The molecule has 1 aliphatic rings. The van der Waals surface area contributed by atoms with E-state index < -0.39 is 0 Å². The molecule has 5 heteroatoms. The van der Waals surface area contributed by atoms with Crippen molar-refractivity contribution in [2.24, 2.45) is 0 Å². The van der Waals surface area contributed by atoms with Crippen LogP contribution in [-0.4, -0.2) is 36.8 Å². The number of morpholine rings is 1. The Hall–Kier alpha value is -0.490. The van der Waals surface area contributed by atoms with Crippen LogP contribution < -0.4 is 10.6 Å². The molecule has 1 saturated heterocycles. The second-order valence-corrected chi connectivity index (χ2v) is 4.94. The molecule has 0 bridgehead atoms. The third kappa shape index (κ3) is 3.83. The van der Waals surface area contributed by atoms with Crippen LogP contribution in [0.25, 0.3) is 0 Å². The zero-order valence-electron chi connectivity index (χ0n) is 9.61. The maximum atomic E-state index is 5.43. The van der Waals surface area contributed by atoms with Gasteiger partial charge in [0.15, 0.2) is 0 Å². The van der Waals surface area contributed by atoms with Gasteiger partial charge < -0.3 is 15.4 Å². The van der Waals surface area contributed by atoms with E-state index >= 15 is 0 Å². The number of thiazole rings is 1. The minimum absolute atomic E-state index is 0.487. The van der Waals surface area contributed by atoms with Crippen LogP contribution in [0.2, 0.25) is 0 Å². The first-order valence-corrected chi connectivity index (χ1v) is 6.70. The fourth-order valence-corrected chi connectivity index (χ4v) is 2.44. The Morgan fingerprint density at radius 3 is 3.38 bits per heavy atom. The summed E-state index contributed by atoms with van der Waals surface area (Å²) < 4.78 is 5.43. The number of aromatic nitrogens is 1. The first kappa shape index (κ1) is 12.0. The van der Waals surface area contributed by atoms with Gasteiger partial charge in [-0.15, -0.1) is 11.3 Å². The van der Waals surface area contributed by atoms with Gasteiger partial charge in [-0.05, 0) is 13.3 Å². The van der Waals surface area contributed by atoms with Gasteiger partial charge in [0.05, 0.1) is 24.4 Å². The maximum absolute atomic E-state index is 5.43. The van der Waals surface area contributed by atoms with E-state index in [9.17, 15) is 0 Å². The van der Waals surface area contributed by atoms with E-state index in [0.29, 0.717) is 12.1 Å². The van der Waals surface area contributed by atoms with Crippen molar-refractivity contribution in [3.8, 4) is 0 Å². The number of nitrogens with one attached hydrogen (secondary N) is 2. The fraction of sp³-hybridized carbons (Fsp3) is 0.727. The van der Waals surface area contributed by atoms with Crippen molar-refractivity contribution in [2.45, 2.75) is 32.0 Å². The molecule has 0 aromatic carbocycles. The molecule has 0 amide bonds. The second-order valence-electron chi connectivity index (χ2n) is 4.22. The molecule has 1 fully saturated rings. The van der Waals surface area contributed by atoms with E-state index in [0.717, 1.165) is 38.4 Å². The minimum Gasteiger partial charge on any atom is -0.379 e. The van der Waals surface area contributed by atoms with Crippen LogP contribution in [0, 0.1) is 0 Å². The zero-order valence-corrected chi connectivity index (χ0v) is 10.4. The van der Waals surface area contributed by atoms with Gasteiger partial charge >= 0.3 is 0 Å². The van der Waals surface area contributed by atoms with E-state index in [1.165, 1.54) is 0 Å². The molecule has 2 unspecified atom stereocenters. The standard InChI is InChI=1S/C11H19N3OS/c1-9(4-10-6-15-3-2-12-10)13-5-11-7-16-8-14-11/h7-10,12-13H,2-6H2,1H3. The molecule has 0 radical (unpaired) electrons. The molecule has 1 aromatic rings. The molecule has 0 spiro atoms. The van der Waals surface area contributed by atoms with Crippen molar-refractivity contribution in [3.05, 3.63) is 16.6 Å². The average Bonchev–Trinajstić information content (AvgIpc) is 2.81. The third-order valence-electron chi connectivity index (χ3n) is 2.75. The van der Waals surface area contributed by atoms with Gasteiger partial charge in [-0.25, -0.2) is 4.98 Å². The molecule has 0 aliphatic carbocycles. The maximum Gasteiger partial charge on any atom is 0.0795 e. The number of hydrogen-bond donors (Lipinski definition) is 2. The monoisotopic (exact) mass is 241 g/mol. The summed E-state index contributed by atoms with van der Waals surface area (Å²) in [4.78, 5) is 4.25. The predicted molar refractivity (Wildman–Crippen MR) is 65.6 cm³/mol. The molecule has 2 heterocycles. The summed E-state index contributed by atoms with van der Waals surface area (Å²) in [5, 5.41) is 9.03. The molecule has 2 rings (SSSR count). The van der Waals surface area contributed by atoms with Crippen molar-refractivity contribution in [1.82, 2.24) is 15.6 Å². The number of ether oxygens (including phenoxy) is 1. The Bertz CT molecular complexity index is 285. The first-order chi connectivity index (χ1) is 7.84. The lowest BCUT2D eigenvalue weighted by atomic mass is 10.1. The lowest BCUT2D eigenvalue weighted by Crippen LogP contribution is -2.44. The molecule has 4 nitrogen and oxygen atoms in total. The number of hydrogen-bond acceptors (Lipinski definition) is 5. The Morgan fingerprint density at radius 1 is 1.75 bits per heavy atom.